The van der Waals surface area contributed by atoms with E-state index in [9.17, 15) is 0 Å². The Morgan fingerprint density at radius 2 is 1.92 bits per heavy atom. The highest BCUT2D eigenvalue weighted by Crippen LogP contribution is 2.31. The van der Waals surface area contributed by atoms with Crippen LogP contribution in [0.25, 0.3) is 0 Å². The summed E-state index contributed by atoms with van der Waals surface area (Å²) in [5.41, 5.74) is 1.32. The molecule has 1 aromatic rings. The number of rotatable bonds is 1. The van der Waals surface area contributed by atoms with Crippen LogP contribution in [0.1, 0.15) is 31.4 Å². The van der Waals surface area contributed by atoms with E-state index in [1.807, 2.05) is 6.07 Å². The highest BCUT2D eigenvalue weighted by Gasteiger charge is 2.22. The summed E-state index contributed by atoms with van der Waals surface area (Å²) in [5.74, 6) is 0. The highest BCUT2D eigenvalue weighted by atomic mass is 16.5. The van der Waals surface area contributed by atoms with Crippen LogP contribution in [0.5, 0.6) is 0 Å². The normalized spacial score (nSPS) is 29.1. The Labute approximate surface area is 73.4 Å². The zero-order chi connectivity index (χ0) is 8.39. The standard InChI is InChI=1S/C11H14O/c1-9-7-8-11(12-9)10-5-3-2-4-6-10/h2-6,9,11H,7-8H2,1H3/t9-,11+/m0/s1. The molecule has 0 saturated carbocycles. The van der Waals surface area contributed by atoms with Gasteiger partial charge in [0.15, 0.2) is 0 Å². The summed E-state index contributed by atoms with van der Waals surface area (Å²) in [6, 6.07) is 10.5. The lowest BCUT2D eigenvalue weighted by molar-refractivity contribution is 0.0555. The summed E-state index contributed by atoms with van der Waals surface area (Å²) in [5, 5.41) is 0. The maximum atomic E-state index is 5.75. The van der Waals surface area contributed by atoms with Crippen LogP contribution in [0.15, 0.2) is 30.3 Å². The van der Waals surface area contributed by atoms with Crippen molar-refractivity contribution in [2.75, 3.05) is 0 Å². The Balaban J connectivity index is 2.11. The van der Waals surface area contributed by atoms with Gasteiger partial charge in [0.2, 0.25) is 0 Å². The SMILES string of the molecule is C[C@H]1CC[C@H](c2ccccc2)O1. The van der Waals surface area contributed by atoms with E-state index in [0.29, 0.717) is 12.2 Å². The van der Waals surface area contributed by atoms with Crippen molar-refractivity contribution in [2.24, 2.45) is 0 Å². The lowest BCUT2D eigenvalue weighted by Gasteiger charge is -2.10. The van der Waals surface area contributed by atoms with Gasteiger partial charge in [0.1, 0.15) is 0 Å². The van der Waals surface area contributed by atoms with E-state index in [4.69, 9.17) is 4.74 Å². The zero-order valence-corrected chi connectivity index (χ0v) is 7.36. The zero-order valence-electron chi connectivity index (χ0n) is 7.36. The summed E-state index contributed by atoms with van der Waals surface area (Å²) in [6.07, 6.45) is 3.15. The molecule has 1 heteroatoms. The van der Waals surface area contributed by atoms with Crippen LogP contribution < -0.4 is 0 Å². The molecule has 2 atom stereocenters. The molecule has 1 aromatic carbocycles. The van der Waals surface area contributed by atoms with Crippen molar-refractivity contribution in [3.05, 3.63) is 35.9 Å². The van der Waals surface area contributed by atoms with E-state index in [-0.39, 0.29) is 0 Å². The minimum atomic E-state index is 0.348. The second-order valence-corrected chi connectivity index (χ2v) is 3.42. The average molecular weight is 162 g/mol. The molecule has 64 valence electrons. The number of hydrogen-bond donors (Lipinski definition) is 0. The Hall–Kier alpha value is -0.820. The van der Waals surface area contributed by atoms with Crippen LogP contribution in [-0.4, -0.2) is 6.10 Å². The van der Waals surface area contributed by atoms with E-state index in [2.05, 4.69) is 31.2 Å². The molecule has 0 unspecified atom stereocenters. The van der Waals surface area contributed by atoms with Crippen LogP contribution in [0.4, 0.5) is 0 Å². The Kier molecular flexibility index (Phi) is 2.13. The van der Waals surface area contributed by atoms with Gasteiger partial charge in [-0.2, -0.15) is 0 Å². The second kappa shape index (κ2) is 3.28. The third-order valence-corrected chi connectivity index (χ3v) is 2.40. The molecule has 0 aromatic heterocycles. The van der Waals surface area contributed by atoms with Crippen molar-refractivity contribution in [2.45, 2.75) is 32.0 Å². The van der Waals surface area contributed by atoms with E-state index >= 15 is 0 Å². The van der Waals surface area contributed by atoms with Crippen LogP contribution in [-0.2, 0) is 4.74 Å². The van der Waals surface area contributed by atoms with Crippen molar-refractivity contribution >= 4 is 0 Å². The Bertz CT molecular complexity index is 242. The molecule has 1 aliphatic heterocycles. The van der Waals surface area contributed by atoms with Gasteiger partial charge in [-0.05, 0) is 25.3 Å². The first-order valence-corrected chi connectivity index (χ1v) is 4.56. The molecule has 1 aliphatic rings. The molecular weight excluding hydrogens is 148 g/mol. The smallest absolute Gasteiger partial charge is 0.0829 e. The highest BCUT2D eigenvalue weighted by molar-refractivity contribution is 5.18. The van der Waals surface area contributed by atoms with Crippen LogP contribution >= 0.6 is 0 Å². The number of hydrogen-bond acceptors (Lipinski definition) is 1. The third-order valence-electron chi connectivity index (χ3n) is 2.40. The van der Waals surface area contributed by atoms with Gasteiger partial charge in [0.25, 0.3) is 0 Å². The van der Waals surface area contributed by atoms with Gasteiger partial charge in [-0.25, -0.2) is 0 Å². The molecule has 0 aliphatic carbocycles. The predicted molar refractivity (Wildman–Crippen MR) is 49.0 cm³/mol. The fraction of sp³-hybridized carbons (Fsp3) is 0.455. The lowest BCUT2D eigenvalue weighted by atomic mass is 10.1. The van der Waals surface area contributed by atoms with Gasteiger partial charge >= 0.3 is 0 Å². The maximum Gasteiger partial charge on any atom is 0.0829 e. The molecule has 1 saturated heterocycles. The van der Waals surface area contributed by atoms with Gasteiger partial charge in [0, 0.05) is 0 Å². The second-order valence-electron chi connectivity index (χ2n) is 3.42. The lowest BCUT2D eigenvalue weighted by Crippen LogP contribution is -2.00. The Morgan fingerprint density at radius 1 is 1.17 bits per heavy atom. The van der Waals surface area contributed by atoms with Gasteiger partial charge in [-0.15, -0.1) is 0 Å². The monoisotopic (exact) mass is 162 g/mol. The molecule has 0 spiro atoms. The van der Waals surface area contributed by atoms with E-state index in [0.717, 1.165) is 0 Å². The van der Waals surface area contributed by atoms with Gasteiger partial charge in [-0.3, -0.25) is 0 Å². The van der Waals surface area contributed by atoms with Gasteiger partial charge in [-0.1, -0.05) is 30.3 Å². The summed E-state index contributed by atoms with van der Waals surface area (Å²) in [7, 11) is 0. The maximum absolute atomic E-state index is 5.75. The molecule has 0 radical (unpaired) electrons. The van der Waals surface area contributed by atoms with Gasteiger partial charge < -0.3 is 4.74 Å². The Morgan fingerprint density at radius 3 is 2.50 bits per heavy atom. The van der Waals surface area contributed by atoms with Crippen LogP contribution in [0, 0.1) is 0 Å². The van der Waals surface area contributed by atoms with E-state index in [1.165, 1.54) is 18.4 Å². The molecule has 1 fully saturated rings. The minimum Gasteiger partial charge on any atom is -0.371 e. The largest absolute Gasteiger partial charge is 0.371 e. The third kappa shape index (κ3) is 1.51. The molecule has 0 N–H and O–H groups in total. The molecule has 1 nitrogen and oxygen atoms in total. The van der Waals surface area contributed by atoms with Crippen LogP contribution in [0.2, 0.25) is 0 Å². The van der Waals surface area contributed by atoms with E-state index in [1.54, 1.807) is 0 Å². The topological polar surface area (TPSA) is 9.23 Å². The first-order chi connectivity index (χ1) is 5.86. The van der Waals surface area contributed by atoms with Gasteiger partial charge in [0.05, 0.1) is 12.2 Å². The first kappa shape index (κ1) is 7.81. The summed E-state index contributed by atoms with van der Waals surface area (Å²) in [4.78, 5) is 0. The van der Waals surface area contributed by atoms with Crippen molar-refractivity contribution in [3.63, 3.8) is 0 Å². The molecule has 2 rings (SSSR count). The summed E-state index contributed by atoms with van der Waals surface area (Å²) in [6.45, 7) is 2.14. The van der Waals surface area contributed by atoms with Crippen molar-refractivity contribution in [1.82, 2.24) is 0 Å². The van der Waals surface area contributed by atoms with Crippen molar-refractivity contribution in [1.29, 1.82) is 0 Å². The minimum absolute atomic E-state index is 0.348. The van der Waals surface area contributed by atoms with Crippen molar-refractivity contribution in [3.8, 4) is 0 Å². The fourth-order valence-electron chi connectivity index (χ4n) is 1.72. The molecule has 0 amide bonds. The number of ether oxygens (including phenoxy) is 1. The predicted octanol–water partition coefficient (Wildman–Crippen LogP) is 2.93. The van der Waals surface area contributed by atoms with Crippen molar-refractivity contribution < 1.29 is 4.74 Å². The quantitative estimate of drug-likeness (QED) is 0.617. The fourth-order valence-corrected chi connectivity index (χ4v) is 1.72. The summed E-state index contributed by atoms with van der Waals surface area (Å²) >= 11 is 0. The number of benzene rings is 1. The molecule has 1 heterocycles. The van der Waals surface area contributed by atoms with Crippen LogP contribution in [0.3, 0.4) is 0 Å². The molecule has 12 heavy (non-hydrogen) atoms. The molecular formula is C11H14O. The summed E-state index contributed by atoms with van der Waals surface area (Å²) < 4.78 is 5.75. The van der Waals surface area contributed by atoms with E-state index < -0.39 is 0 Å². The first-order valence-electron chi connectivity index (χ1n) is 4.56. The average Bonchev–Trinajstić information content (AvgIpc) is 2.54. The molecule has 0 bridgehead atoms.